The first-order chi connectivity index (χ1) is 29.0. The van der Waals surface area contributed by atoms with Gasteiger partial charge >= 0.3 is 0 Å². The number of nitrogens with zero attached hydrogens (tertiary/aromatic N) is 1. The standard InChI is InChI=1S/C58H55N/c1-58(2)55-38-56(53(42-19-10-5-11-20-42)37-54(55)51-24-14-23-50(57(51)58)41-17-8-4-9-18-41)59(47-33-29-44(30-34-47)52-36-39-25-26-45(52)35-39)46-31-27-43(28-32-46)49-22-13-12-21-48(49)40-15-6-3-7-16-40/h4-5,8-14,17-24,27-34,37-40,45,52H,3,6-7,15-16,25-26,35-36H2,1-2H3. The third-order valence-electron chi connectivity index (χ3n) is 15.0. The third-order valence-corrected chi connectivity index (χ3v) is 15.0. The van der Waals surface area contributed by atoms with Gasteiger partial charge in [0, 0.05) is 22.4 Å². The summed E-state index contributed by atoms with van der Waals surface area (Å²) >= 11 is 0. The van der Waals surface area contributed by atoms with Crippen molar-refractivity contribution in [1.29, 1.82) is 0 Å². The van der Waals surface area contributed by atoms with Gasteiger partial charge in [0.1, 0.15) is 0 Å². The molecule has 0 aromatic heterocycles. The largest absolute Gasteiger partial charge is 0.310 e. The Morgan fingerprint density at radius 2 is 1.08 bits per heavy atom. The highest BCUT2D eigenvalue weighted by atomic mass is 15.1. The van der Waals surface area contributed by atoms with Crippen molar-refractivity contribution in [2.24, 2.45) is 11.8 Å². The van der Waals surface area contributed by atoms with E-state index in [1.54, 1.807) is 0 Å². The molecule has 0 amide bonds. The molecule has 0 heterocycles. The molecule has 0 aliphatic heterocycles. The van der Waals surface area contributed by atoms with Crippen molar-refractivity contribution in [2.45, 2.75) is 88.9 Å². The van der Waals surface area contributed by atoms with E-state index in [4.69, 9.17) is 0 Å². The Morgan fingerprint density at radius 3 is 1.76 bits per heavy atom. The molecule has 0 N–H and O–H groups in total. The fraction of sp³-hybridized carbons (Fsp3) is 0.276. The molecule has 11 rings (SSSR count). The Bertz CT molecular complexity index is 2610. The minimum Gasteiger partial charge on any atom is -0.310 e. The highest BCUT2D eigenvalue weighted by Gasteiger charge is 2.41. The first-order valence-corrected chi connectivity index (χ1v) is 22.5. The van der Waals surface area contributed by atoms with Crippen LogP contribution in [0.4, 0.5) is 17.1 Å². The van der Waals surface area contributed by atoms with Crippen molar-refractivity contribution in [1.82, 2.24) is 0 Å². The number of rotatable bonds is 8. The lowest BCUT2D eigenvalue weighted by molar-refractivity contribution is 0.420. The van der Waals surface area contributed by atoms with Gasteiger partial charge < -0.3 is 4.90 Å². The molecule has 0 radical (unpaired) electrons. The van der Waals surface area contributed by atoms with Crippen LogP contribution in [0.5, 0.6) is 0 Å². The predicted molar refractivity (Wildman–Crippen MR) is 249 cm³/mol. The van der Waals surface area contributed by atoms with E-state index in [-0.39, 0.29) is 5.41 Å². The summed E-state index contributed by atoms with van der Waals surface area (Å²) in [5.74, 6) is 3.15. The summed E-state index contributed by atoms with van der Waals surface area (Å²) in [6.07, 6.45) is 12.3. The summed E-state index contributed by atoms with van der Waals surface area (Å²) in [5, 5.41) is 0. The molecule has 1 heteroatoms. The second-order valence-corrected chi connectivity index (χ2v) is 18.7. The Balaban J connectivity index is 1.08. The van der Waals surface area contributed by atoms with Crippen LogP contribution in [-0.2, 0) is 5.41 Å². The molecule has 7 aromatic carbocycles. The first kappa shape index (κ1) is 36.4. The quantitative estimate of drug-likeness (QED) is 0.149. The fourth-order valence-electron chi connectivity index (χ4n) is 12.1. The molecule has 7 aromatic rings. The van der Waals surface area contributed by atoms with E-state index >= 15 is 0 Å². The molecule has 1 nitrogen and oxygen atoms in total. The van der Waals surface area contributed by atoms with E-state index < -0.39 is 0 Å². The van der Waals surface area contributed by atoms with Gasteiger partial charge in [-0.25, -0.2) is 0 Å². The van der Waals surface area contributed by atoms with Gasteiger partial charge in [0.25, 0.3) is 0 Å². The molecule has 0 saturated heterocycles. The van der Waals surface area contributed by atoms with Gasteiger partial charge in [-0.2, -0.15) is 0 Å². The van der Waals surface area contributed by atoms with Crippen LogP contribution in [0.1, 0.15) is 106 Å². The first-order valence-electron chi connectivity index (χ1n) is 22.5. The maximum atomic E-state index is 2.56. The number of hydrogen-bond acceptors (Lipinski definition) is 1. The van der Waals surface area contributed by atoms with Gasteiger partial charge in [-0.05, 0) is 153 Å². The molecule has 59 heavy (non-hydrogen) atoms. The van der Waals surface area contributed by atoms with E-state index in [9.17, 15) is 0 Å². The van der Waals surface area contributed by atoms with Crippen LogP contribution in [0.25, 0.3) is 44.5 Å². The molecule has 3 atom stereocenters. The second kappa shape index (κ2) is 14.9. The zero-order chi connectivity index (χ0) is 39.5. The van der Waals surface area contributed by atoms with Crippen LogP contribution in [0, 0.1) is 11.8 Å². The van der Waals surface area contributed by atoms with Crippen LogP contribution in [0.3, 0.4) is 0 Å². The maximum Gasteiger partial charge on any atom is 0.0543 e. The fourth-order valence-corrected chi connectivity index (χ4v) is 12.1. The monoisotopic (exact) mass is 765 g/mol. The molecule has 0 spiro atoms. The van der Waals surface area contributed by atoms with Crippen LogP contribution in [0.15, 0.2) is 164 Å². The molecular weight excluding hydrogens is 711 g/mol. The zero-order valence-corrected chi connectivity index (χ0v) is 34.7. The van der Waals surface area contributed by atoms with E-state index in [2.05, 4.69) is 183 Å². The molecule has 3 saturated carbocycles. The van der Waals surface area contributed by atoms with Crippen LogP contribution in [-0.4, -0.2) is 0 Å². The van der Waals surface area contributed by atoms with E-state index in [1.807, 2.05) is 0 Å². The van der Waals surface area contributed by atoms with Crippen LogP contribution < -0.4 is 4.90 Å². The minimum atomic E-state index is -0.203. The van der Waals surface area contributed by atoms with Crippen molar-refractivity contribution in [3.05, 3.63) is 186 Å². The Hall–Kier alpha value is -5.66. The van der Waals surface area contributed by atoms with Crippen molar-refractivity contribution in [3.8, 4) is 44.5 Å². The molecule has 4 aliphatic rings. The number of hydrogen-bond donors (Lipinski definition) is 0. The van der Waals surface area contributed by atoms with Crippen molar-refractivity contribution in [3.63, 3.8) is 0 Å². The van der Waals surface area contributed by atoms with Crippen molar-refractivity contribution >= 4 is 17.1 Å². The molecule has 4 aliphatic carbocycles. The highest BCUT2D eigenvalue weighted by molar-refractivity contribution is 5.96. The average Bonchev–Trinajstić information content (AvgIpc) is 4.00. The highest BCUT2D eigenvalue weighted by Crippen LogP contribution is 2.57. The number of anilines is 3. The Kier molecular flexibility index (Phi) is 9.18. The lowest BCUT2D eigenvalue weighted by atomic mass is 9.78. The molecule has 2 bridgehead atoms. The van der Waals surface area contributed by atoms with E-state index in [1.165, 1.54) is 142 Å². The molecule has 3 fully saturated rings. The van der Waals surface area contributed by atoms with Crippen LogP contribution >= 0.6 is 0 Å². The summed E-state index contributed by atoms with van der Waals surface area (Å²) in [5.41, 5.74) is 19.7. The van der Waals surface area contributed by atoms with Crippen molar-refractivity contribution in [2.75, 3.05) is 4.90 Å². The molecule has 292 valence electrons. The lowest BCUT2D eigenvalue weighted by Gasteiger charge is -2.31. The topological polar surface area (TPSA) is 3.24 Å². The normalized spacial score (nSPS) is 20.3. The smallest absolute Gasteiger partial charge is 0.0543 e. The minimum absolute atomic E-state index is 0.203. The molecular formula is C58H55N. The SMILES string of the molecule is CC1(C)c2cc(N(c3ccc(-c4ccccc4C4CCCCC4)cc3)c3ccc(C4CC5CCC4C5)cc3)c(-c3ccccc3)cc2-c2cccc(-c3ccccc3)c21. The van der Waals surface area contributed by atoms with Gasteiger partial charge in [0.05, 0.1) is 5.69 Å². The summed E-state index contributed by atoms with van der Waals surface area (Å²) in [7, 11) is 0. The summed E-state index contributed by atoms with van der Waals surface area (Å²) in [6.45, 7) is 4.87. The van der Waals surface area contributed by atoms with Gasteiger partial charge in [-0.15, -0.1) is 0 Å². The number of fused-ring (bicyclic) bond motifs is 5. The second-order valence-electron chi connectivity index (χ2n) is 18.7. The summed E-state index contributed by atoms with van der Waals surface area (Å²) < 4.78 is 0. The van der Waals surface area contributed by atoms with Crippen molar-refractivity contribution < 1.29 is 0 Å². The number of benzene rings is 7. The zero-order valence-electron chi connectivity index (χ0n) is 34.7. The third kappa shape index (κ3) is 6.37. The van der Waals surface area contributed by atoms with Gasteiger partial charge in [-0.3, -0.25) is 0 Å². The lowest BCUT2D eigenvalue weighted by Crippen LogP contribution is -2.18. The van der Waals surface area contributed by atoms with Gasteiger partial charge in [-0.1, -0.05) is 167 Å². The Labute approximate surface area is 351 Å². The predicted octanol–water partition coefficient (Wildman–Crippen LogP) is 16.4. The molecule has 3 unspecified atom stereocenters. The van der Waals surface area contributed by atoms with Gasteiger partial charge in [0.15, 0.2) is 0 Å². The summed E-state index contributed by atoms with van der Waals surface area (Å²) in [6, 6.07) is 62.5. The van der Waals surface area contributed by atoms with E-state index in [0.717, 1.165) is 11.8 Å². The maximum absolute atomic E-state index is 2.56. The van der Waals surface area contributed by atoms with Crippen LogP contribution in [0.2, 0.25) is 0 Å². The van der Waals surface area contributed by atoms with Gasteiger partial charge in [0.2, 0.25) is 0 Å². The summed E-state index contributed by atoms with van der Waals surface area (Å²) in [4.78, 5) is 2.56. The average molecular weight is 766 g/mol. The Morgan fingerprint density at radius 1 is 0.475 bits per heavy atom. The van der Waals surface area contributed by atoms with E-state index in [0.29, 0.717) is 11.8 Å².